The fourth-order valence-corrected chi connectivity index (χ4v) is 9.23. The van der Waals surface area contributed by atoms with Gasteiger partial charge in [0, 0.05) is 17.1 Å². The van der Waals surface area contributed by atoms with Crippen LogP contribution < -0.4 is 4.90 Å². The normalized spacial score (nSPS) is 11.1. The second-order valence-corrected chi connectivity index (χ2v) is 16.5. The van der Waals surface area contributed by atoms with E-state index in [0.29, 0.717) is 0 Å². The standard InChI is InChI=1S/C64H45N/c1-4-16-46(17-5-1)48-30-32-49(33-31-48)50-36-40-57(41-37-50)65(58-42-38-51(39-43-58)55-35-34-47-18-10-11-23-54(47)44-55)59-25-14-24-56(45-59)62-29-15-28-61(53-21-8-3-9-22-53)64(62)63-27-13-12-26-60(63)52-19-6-2-7-20-52/h1-45H. The van der Waals surface area contributed by atoms with E-state index in [2.05, 4.69) is 278 Å². The van der Waals surface area contributed by atoms with E-state index in [4.69, 9.17) is 0 Å². The summed E-state index contributed by atoms with van der Waals surface area (Å²) in [5.41, 5.74) is 19.9. The van der Waals surface area contributed by atoms with Crippen molar-refractivity contribution >= 4 is 27.8 Å². The lowest BCUT2D eigenvalue weighted by atomic mass is 9.84. The molecule has 306 valence electrons. The zero-order valence-corrected chi connectivity index (χ0v) is 35.9. The van der Waals surface area contributed by atoms with Gasteiger partial charge in [0.1, 0.15) is 0 Å². The first-order chi connectivity index (χ1) is 32.2. The van der Waals surface area contributed by atoms with E-state index >= 15 is 0 Å². The fourth-order valence-electron chi connectivity index (χ4n) is 9.23. The zero-order chi connectivity index (χ0) is 43.4. The maximum absolute atomic E-state index is 2.38. The van der Waals surface area contributed by atoms with Gasteiger partial charge in [0.05, 0.1) is 0 Å². The van der Waals surface area contributed by atoms with Gasteiger partial charge >= 0.3 is 0 Å². The van der Waals surface area contributed by atoms with Crippen LogP contribution in [0.3, 0.4) is 0 Å². The van der Waals surface area contributed by atoms with Crippen molar-refractivity contribution in [2.45, 2.75) is 0 Å². The van der Waals surface area contributed by atoms with Crippen molar-refractivity contribution in [3.05, 3.63) is 273 Å². The van der Waals surface area contributed by atoms with Crippen LogP contribution in [0.1, 0.15) is 0 Å². The van der Waals surface area contributed by atoms with Gasteiger partial charge in [0.15, 0.2) is 0 Å². The Balaban J connectivity index is 1.03. The van der Waals surface area contributed by atoms with Gasteiger partial charge in [0.25, 0.3) is 0 Å². The summed E-state index contributed by atoms with van der Waals surface area (Å²) in [5, 5.41) is 2.49. The van der Waals surface area contributed by atoms with E-state index in [1.165, 1.54) is 83.1 Å². The quantitative estimate of drug-likeness (QED) is 0.133. The molecule has 0 saturated heterocycles. The van der Waals surface area contributed by atoms with Crippen LogP contribution in [0.5, 0.6) is 0 Å². The molecule has 11 aromatic rings. The topological polar surface area (TPSA) is 3.24 Å². The van der Waals surface area contributed by atoms with Crippen LogP contribution in [0.4, 0.5) is 17.1 Å². The van der Waals surface area contributed by atoms with E-state index in [0.717, 1.165) is 22.6 Å². The summed E-state index contributed by atoms with van der Waals surface area (Å²) >= 11 is 0. The molecule has 0 aromatic heterocycles. The number of fused-ring (bicyclic) bond motifs is 1. The Hall–Kier alpha value is -8.52. The number of rotatable bonds is 10. The van der Waals surface area contributed by atoms with Crippen LogP contribution >= 0.6 is 0 Å². The van der Waals surface area contributed by atoms with Gasteiger partial charge in [-0.15, -0.1) is 0 Å². The summed E-state index contributed by atoms with van der Waals surface area (Å²) in [7, 11) is 0. The number of anilines is 3. The third kappa shape index (κ3) is 8.04. The third-order valence-electron chi connectivity index (χ3n) is 12.5. The lowest BCUT2D eigenvalue weighted by Gasteiger charge is -2.27. The Labute approximate surface area is 381 Å². The number of nitrogens with zero attached hydrogens (tertiary/aromatic N) is 1. The van der Waals surface area contributed by atoms with Crippen molar-refractivity contribution in [2.75, 3.05) is 4.90 Å². The minimum Gasteiger partial charge on any atom is -0.310 e. The van der Waals surface area contributed by atoms with Gasteiger partial charge < -0.3 is 4.90 Å². The van der Waals surface area contributed by atoms with E-state index in [-0.39, 0.29) is 0 Å². The predicted octanol–water partition coefficient (Wildman–Crippen LogP) is 18.0. The van der Waals surface area contributed by atoms with Crippen LogP contribution in [0.25, 0.3) is 88.7 Å². The van der Waals surface area contributed by atoms with Crippen molar-refractivity contribution in [2.24, 2.45) is 0 Å². The molecule has 0 radical (unpaired) electrons. The highest BCUT2D eigenvalue weighted by molar-refractivity contribution is 6.00. The highest BCUT2D eigenvalue weighted by Gasteiger charge is 2.20. The molecule has 0 aliphatic carbocycles. The molecule has 0 aliphatic rings. The van der Waals surface area contributed by atoms with Gasteiger partial charge in [-0.05, 0) is 131 Å². The maximum atomic E-state index is 2.38. The molecule has 0 spiro atoms. The van der Waals surface area contributed by atoms with Gasteiger partial charge in [-0.25, -0.2) is 0 Å². The lowest BCUT2D eigenvalue weighted by molar-refractivity contribution is 1.28. The Morgan fingerprint density at radius 1 is 0.185 bits per heavy atom. The van der Waals surface area contributed by atoms with Crippen LogP contribution in [0.15, 0.2) is 273 Å². The predicted molar refractivity (Wildman–Crippen MR) is 277 cm³/mol. The van der Waals surface area contributed by atoms with E-state index < -0.39 is 0 Å². The molecule has 65 heavy (non-hydrogen) atoms. The smallest absolute Gasteiger partial charge is 0.0467 e. The Kier molecular flexibility index (Phi) is 10.7. The van der Waals surface area contributed by atoms with E-state index in [1.807, 2.05) is 0 Å². The molecule has 0 amide bonds. The number of hydrogen-bond acceptors (Lipinski definition) is 1. The van der Waals surface area contributed by atoms with Gasteiger partial charge in [-0.2, -0.15) is 0 Å². The molecule has 0 bridgehead atoms. The highest BCUT2D eigenvalue weighted by atomic mass is 15.1. The SMILES string of the molecule is c1ccc(-c2ccc(-c3ccc(N(c4ccc(-c5ccc6ccccc6c5)cc4)c4cccc(-c5cccc(-c6ccccc6)c5-c5ccccc5-c5ccccc5)c4)cc3)cc2)cc1. The molecule has 11 aromatic carbocycles. The summed E-state index contributed by atoms with van der Waals surface area (Å²) < 4.78 is 0. The largest absolute Gasteiger partial charge is 0.310 e. The third-order valence-corrected chi connectivity index (χ3v) is 12.5. The van der Waals surface area contributed by atoms with Crippen LogP contribution in [0.2, 0.25) is 0 Å². The molecule has 1 heteroatoms. The summed E-state index contributed by atoms with van der Waals surface area (Å²) in [6.07, 6.45) is 0. The molecule has 0 saturated carbocycles. The van der Waals surface area contributed by atoms with Gasteiger partial charge in [0.2, 0.25) is 0 Å². The average Bonchev–Trinajstić information content (AvgIpc) is 3.40. The lowest BCUT2D eigenvalue weighted by Crippen LogP contribution is -2.10. The van der Waals surface area contributed by atoms with Crippen LogP contribution in [-0.2, 0) is 0 Å². The number of benzene rings is 11. The van der Waals surface area contributed by atoms with Crippen molar-refractivity contribution in [3.8, 4) is 77.9 Å². The number of hydrogen-bond donors (Lipinski definition) is 0. The molecular formula is C64H45N. The van der Waals surface area contributed by atoms with E-state index in [9.17, 15) is 0 Å². The summed E-state index contributed by atoms with van der Waals surface area (Å²) in [5.74, 6) is 0. The molecular weight excluding hydrogens is 783 g/mol. The second-order valence-electron chi connectivity index (χ2n) is 16.5. The van der Waals surface area contributed by atoms with Crippen molar-refractivity contribution in [3.63, 3.8) is 0 Å². The van der Waals surface area contributed by atoms with Gasteiger partial charge in [-0.1, -0.05) is 231 Å². The van der Waals surface area contributed by atoms with Gasteiger partial charge in [-0.3, -0.25) is 0 Å². The van der Waals surface area contributed by atoms with Crippen molar-refractivity contribution in [1.29, 1.82) is 0 Å². The first kappa shape index (κ1) is 39.3. The van der Waals surface area contributed by atoms with Crippen molar-refractivity contribution < 1.29 is 0 Å². The second kappa shape index (κ2) is 17.7. The molecule has 0 heterocycles. The first-order valence-electron chi connectivity index (χ1n) is 22.3. The Morgan fingerprint density at radius 2 is 0.569 bits per heavy atom. The molecule has 0 unspecified atom stereocenters. The molecule has 1 nitrogen and oxygen atoms in total. The fraction of sp³-hybridized carbons (Fsp3) is 0. The average molecular weight is 828 g/mol. The molecule has 0 atom stereocenters. The van der Waals surface area contributed by atoms with E-state index in [1.54, 1.807) is 0 Å². The summed E-state index contributed by atoms with van der Waals surface area (Å²) in [6.45, 7) is 0. The molecule has 11 rings (SSSR count). The summed E-state index contributed by atoms with van der Waals surface area (Å²) in [4.78, 5) is 2.38. The van der Waals surface area contributed by atoms with Crippen molar-refractivity contribution in [1.82, 2.24) is 0 Å². The minimum absolute atomic E-state index is 1.08. The monoisotopic (exact) mass is 827 g/mol. The molecule has 0 fully saturated rings. The maximum Gasteiger partial charge on any atom is 0.0467 e. The minimum atomic E-state index is 1.08. The molecule has 0 aliphatic heterocycles. The summed E-state index contributed by atoms with van der Waals surface area (Å²) in [6, 6.07) is 98.9. The highest BCUT2D eigenvalue weighted by Crippen LogP contribution is 2.46. The zero-order valence-electron chi connectivity index (χ0n) is 35.9. The Bertz CT molecular complexity index is 3370. The van der Waals surface area contributed by atoms with Crippen LogP contribution in [-0.4, -0.2) is 0 Å². The Morgan fingerprint density at radius 3 is 1.17 bits per heavy atom. The molecule has 0 N–H and O–H groups in total. The first-order valence-corrected chi connectivity index (χ1v) is 22.3. The van der Waals surface area contributed by atoms with Crippen LogP contribution in [0, 0.1) is 0 Å².